The van der Waals surface area contributed by atoms with Gasteiger partial charge in [0.25, 0.3) is 5.91 Å². The number of hydrogen-bond acceptors (Lipinski definition) is 1. The standard InChI is InChI=1S/C19H20N2O/c1-13-7-8-16(10-14(13)2)15(3)20-19(22)17-11-18-6-4-5-9-21(18)12-17/h4-12,15H,1-3H3,(H,20,22)/t15-/m1/s1. The number of aromatic nitrogens is 1. The number of pyridine rings is 1. The van der Waals surface area contributed by atoms with Gasteiger partial charge in [0.1, 0.15) is 0 Å². The van der Waals surface area contributed by atoms with Crippen LogP contribution in [0.5, 0.6) is 0 Å². The lowest BCUT2D eigenvalue weighted by molar-refractivity contribution is 0.0940. The maximum atomic E-state index is 12.4. The normalized spacial score (nSPS) is 12.3. The largest absolute Gasteiger partial charge is 0.345 e. The van der Waals surface area contributed by atoms with Crippen molar-refractivity contribution in [2.45, 2.75) is 26.8 Å². The number of nitrogens with one attached hydrogen (secondary N) is 1. The maximum absolute atomic E-state index is 12.4. The van der Waals surface area contributed by atoms with E-state index in [-0.39, 0.29) is 11.9 Å². The summed E-state index contributed by atoms with van der Waals surface area (Å²) in [6.45, 7) is 6.20. The lowest BCUT2D eigenvalue weighted by atomic mass is 10.0. The van der Waals surface area contributed by atoms with Crippen molar-refractivity contribution in [2.24, 2.45) is 0 Å². The van der Waals surface area contributed by atoms with Crippen LogP contribution in [-0.4, -0.2) is 10.3 Å². The third-order valence-corrected chi connectivity index (χ3v) is 4.15. The first kappa shape index (κ1) is 14.4. The summed E-state index contributed by atoms with van der Waals surface area (Å²) in [6.07, 6.45) is 3.80. The van der Waals surface area contributed by atoms with E-state index < -0.39 is 0 Å². The molecule has 3 nitrogen and oxygen atoms in total. The Bertz CT molecular complexity index is 799. The first-order chi connectivity index (χ1) is 10.5. The summed E-state index contributed by atoms with van der Waals surface area (Å²) < 4.78 is 1.95. The Kier molecular flexibility index (Phi) is 3.72. The second-order valence-corrected chi connectivity index (χ2v) is 5.80. The molecule has 0 aliphatic heterocycles. The average Bonchev–Trinajstić information content (AvgIpc) is 2.94. The molecule has 1 aromatic carbocycles. The topological polar surface area (TPSA) is 33.5 Å². The zero-order valence-corrected chi connectivity index (χ0v) is 13.1. The summed E-state index contributed by atoms with van der Waals surface area (Å²) in [5, 5.41) is 3.07. The first-order valence-electron chi connectivity index (χ1n) is 7.49. The molecule has 1 N–H and O–H groups in total. The van der Waals surface area contributed by atoms with Crippen LogP contribution in [0.2, 0.25) is 0 Å². The van der Waals surface area contributed by atoms with Crippen LogP contribution in [0.4, 0.5) is 0 Å². The molecule has 3 aromatic rings. The van der Waals surface area contributed by atoms with Crippen LogP contribution in [0.25, 0.3) is 5.52 Å². The van der Waals surface area contributed by atoms with Crippen molar-refractivity contribution in [3.8, 4) is 0 Å². The third-order valence-electron chi connectivity index (χ3n) is 4.15. The Morgan fingerprint density at radius 2 is 1.91 bits per heavy atom. The Balaban J connectivity index is 1.79. The van der Waals surface area contributed by atoms with Crippen LogP contribution >= 0.6 is 0 Å². The molecular formula is C19H20N2O. The number of hydrogen-bond donors (Lipinski definition) is 1. The highest BCUT2D eigenvalue weighted by atomic mass is 16.1. The minimum absolute atomic E-state index is 0.0187. The Hall–Kier alpha value is -2.55. The highest BCUT2D eigenvalue weighted by Crippen LogP contribution is 2.18. The molecule has 0 aliphatic rings. The van der Waals surface area contributed by atoms with Crippen molar-refractivity contribution in [3.63, 3.8) is 0 Å². The number of aryl methyl sites for hydroxylation is 2. The zero-order valence-electron chi connectivity index (χ0n) is 13.1. The fraction of sp³-hybridized carbons (Fsp3) is 0.211. The van der Waals surface area contributed by atoms with Gasteiger partial charge >= 0.3 is 0 Å². The third kappa shape index (κ3) is 2.75. The predicted molar refractivity (Wildman–Crippen MR) is 89.2 cm³/mol. The number of amides is 1. The molecule has 3 heteroatoms. The minimum atomic E-state index is -0.0468. The summed E-state index contributed by atoms with van der Waals surface area (Å²) >= 11 is 0. The smallest absolute Gasteiger partial charge is 0.253 e. The number of benzene rings is 1. The van der Waals surface area contributed by atoms with Gasteiger partial charge in [-0.1, -0.05) is 24.3 Å². The molecule has 2 heterocycles. The SMILES string of the molecule is Cc1ccc([C@@H](C)NC(=O)c2cc3ccccn3c2)cc1C. The van der Waals surface area contributed by atoms with Gasteiger partial charge in [0.2, 0.25) is 0 Å². The van der Waals surface area contributed by atoms with E-state index in [1.165, 1.54) is 11.1 Å². The molecule has 0 spiro atoms. The van der Waals surface area contributed by atoms with Gasteiger partial charge in [-0.05, 0) is 55.7 Å². The van der Waals surface area contributed by atoms with Crippen LogP contribution in [0, 0.1) is 13.8 Å². The highest BCUT2D eigenvalue weighted by molar-refractivity contribution is 5.95. The van der Waals surface area contributed by atoms with Crippen molar-refractivity contribution >= 4 is 11.4 Å². The monoisotopic (exact) mass is 292 g/mol. The van der Waals surface area contributed by atoms with Crippen molar-refractivity contribution < 1.29 is 4.79 Å². The van der Waals surface area contributed by atoms with E-state index in [1.54, 1.807) is 0 Å². The van der Waals surface area contributed by atoms with E-state index in [0.29, 0.717) is 5.56 Å². The molecule has 0 saturated heterocycles. The molecule has 0 fully saturated rings. The molecule has 2 aromatic heterocycles. The predicted octanol–water partition coefficient (Wildman–Crippen LogP) is 4.05. The number of carbonyl (C=O) groups excluding carboxylic acids is 1. The number of nitrogens with zero attached hydrogens (tertiary/aromatic N) is 1. The van der Waals surface area contributed by atoms with Crippen LogP contribution in [0.1, 0.15) is 40.0 Å². The zero-order chi connectivity index (χ0) is 15.7. The Labute approximate surface area is 130 Å². The van der Waals surface area contributed by atoms with E-state index in [0.717, 1.165) is 11.1 Å². The Morgan fingerprint density at radius 1 is 1.09 bits per heavy atom. The number of rotatable bonds is 3. The number of fused-ring (bicyclic) bond motifs is 1. The van der Waals surface area contributed by atoms with Crippen molar-refractivity contribution in [3.05, 3.63) is 77.1 Å². The fourth-order valence-corrected chi connectivity index (χ4v) is 2.58. The summed E-state index contributed by atoms with van der Waals surface area (Å²) in [5.74, 6) is -0.0468. The lowest BCUT2D eigenvalue weighted by Gasteiger charge is -2.15. The molecule has 22 heavy (non-hydrogen) atoms. The van der Waals surface area contributed by atoms with Gasteiger partial charge < -0.3 is 9.72 Å². The molecular weight excluding hydrogens is 272 g/mol. The van der Waals surface area contributed by atoms with Crippen LogP contribution in [0.3, 0.4) is 0 Å². The van der Waals surface area contributed by atoms with E-state index in [2.05, 4.69) is 37.4 Å². The van der Waals surface area contributed by atoms with Crippen molar-refractivity contribution in [2.75, 3.05) is 0 Å². The molecule has 0 unspecified atom stereocenters. The molecule has 3 rings (SSSR count). The molecule has 1 atom stereocenters. The van der Waals surface area contributed by atoms with Crippen molar-refractivity contribution in [1.82, 2.24) is 9.72 Å². The first-order valence-corrected chi connectivity index (χ1v) is 7.49. The van der Waals surface area contributed by atoms with E-state index in [9.17, 15) is 4.79 Å². The van der Waals surface area contributed by atoms with Gasteiger partial charge in [0.15, 0.2) is 0 Å². The minimum Gasteiger partial charge on any atom is -0.345 e. The molecule has 0 radical (unpaired) electrons. The second kappa shape index (κ2) is 5.68. The Morgan fingerprint density at radius 3 is 2.64 bits per heavy atom. The molecule has 0 saturated carbocycles. The van der Waals surface area contributed by atoms with Crippen LogP contribution in [-0.2, 0) is 0 Å². The van der Waals surface area contributed by atoms with E-state index >= 15 is 0 Å². The molecule has 0 bridgehead atoms. The number of carbonyl (C=O) groups is 1. The summed E-state index contributed by atoms with van der Waals surface area (Å²) in [4.78, 5) is 12.4. The quantitative estimate of drug-likeness (QED) is 0.776. The highest BCUT2D eigenvalue weighted by Gasteiger charge is 2.13. The van der Waals surface area contributed by atoms with E-state index in [1.807, 2.05) is 48.0 Å². The van der Waals surface area contributed by atoms with Gasteiger partial charge in [-0.3, -0.25) is 4.79 Å². The van der Waals surface area contributed by atoms with Crippen molar-refractivity contribution in [1.29, 1.82) is 0 Å². The average molecular weight is 292 g/mol. The molecule has 0 aliphatic carbocycles. The molecule has 1 amide bonds. The lowest BCUT2D eigenvalue weighted by Crippen LogP contribution is -2.26. The fourth-order valence-electron chi connectivity index (χ4n) is 2.58. The van der Waals surface area contributed by atoms with E-state index in [4.69, 9.17) is 0 Å². The van der Waals surface area contributed by atoms with Gasteiger partial charge in [0, 0.05) is 17.9 Å². The maximum Gasteiger partial charge on any atom is 0.253 e. The summed E-state index contributed by atoms with van der Waals surface area (Å²) in [7, 11) is 0. The van der Waals surface area contributed by atoms with Crippen LogP contribution < -0.4 is 5.32 Å². The van der Waals surface area contributed by atoms with Gasteiger partial charge in [-0.25, -0.2) is 0 Å². The summed E-state index contributed by atoms with van der Waals surface area (Å²) in [6, 6.07) is 14.1. The summed E-state index contributed by atoms with van der Waals surface area (Å²) in [5.41, 5.74) is 5.34. The second-order valence-electron chi connectivity index (χ2n) is 5.80. The van der Waals surface area contributed by atoms with Gasteiger partial charge in [-0.15, -0.1) is 0 Å². The van der Waals surface area contributed by atoms with Crippen LogP contribution in [0.15, 0.2) is 54.9 Å². The van der Waals surface area contributed by atoms with Gasteiger partial charge in [-0.2, -0.15) is 0 Å². The molecule has 112 valence electrons. The van der Waals surface area contributed by atoms with Gasteiger partial charge in [0.05, 0.1) is 11.6 Å².